The number of unbranched alkanes of at least 4 members (excludes halogenated alkanes) is 1. The van der Waals surface area contributed by atoms with Gasteiger partial charge in [0.1, 0.15) is 5.75 Å². The lowest BCUT2D eigenvalue weighted by atomic mass is 9.97. The van der Waals surface area contributed by atoms with Crippen LogP contribution in [0.4, 0.5) is 0 Å². The normalized spacial score (nSPS) is 12.7. The van der Waals surface area contributed by atoms with E-state index in [0.29, 0.717) is 47.2 Å². The van der Waals surface area contributed by atoms with Crippen LogP contribution in [0.1, 0.15) is 60.9 Å². The zero-order chi connectivity index (χ0) is 29.2. The van der Waals surface area contributed by atoms with Gasteiger partial charge in [-0.15, -0.1) is 0 Å². The van der Waals surface area contributed by atoms with Crippen LogP contribution in [-0.4, -0.2) is 48.3 Å². The molecule has 0 unspecified atom stereocenters. The van der Waals surface area contributed by atoms with Gasteiger partial charge in [-0.2, -0.15) is 0 Å². The highest BCUT2D eigenvalue weighted by Crippen LogP contribution is 2.28. The fraction of sp³-hybridized carbons (Fsp3) is 0.344. The number of amides is 2. The minimum Gasteiger partial charge on any atom is -0.495 e. The Morgan fingerprint density at radius 2 is 1.98 bits per heavy atom. The molecule has 1 aliphatic rings. The van der Waals surface area contributed by atoms with Gasteiger partial charge in [-0.1, -0.05) is 45.5 Å². The van der Waals surface area contributed by atoms with E-state index in [1.54, 1.807) is 36.4 Å². The molecule has 9 heteroatoms. The summed E-state index contributed by atoms with van der Waals surface area (Å²) in [5.74, 6) is 5.71. The van der Waals surface area contributed by atoms with Crippen molar-refractivity contribution >= 4 is 38.5 Å². The first-order chi connectivity index (χ1) is 19.9. The number of carbonyl (C=O) groups excluding carboxylic acids is 2. The molecule has 2 amide bonds. The molecule has 214 valence electrons. The summed E-state index contributed by atoms with van der Waals surface area (Å²) in [6.45, 7) is 0.398. The highest BCUT2D eigenvalue weighted by Gasteiger charge is 2.19. The van der Waals surface area contributed by atoms with E-state index in [2.05, 4.69) is 44.5 Å². The zero-order valence-corrected chi connectivity index (χ0v) is 24.7. The van der Waals surface area contributed by atoms with Gasteiger partial charge in [-0.3, -0.25) is 19.0 Å². The van der Waals surface area contributed by atoms with Crippen molar-refractivity contribution < 1.29 is 19.4 Å². The minimum atomic E-state index is -0.480. The smallest absolute Gasteiger partial charge is 0.263 e. The van der Waals surface area contributed by atoms with Crippen molar-refractivity contribution in [1.29, 1.82) is 0 Å². The second-order valence-electron chi connectivity index (χ2n) is 9.81. The molecule has 0 saturated heterocycles. The Morgan fingerprint density at radius 3 is 2.73 bits per heavy atom. The Balaban J connectivity index is 1.62. The molecule has 41 heavy (non-hydrogen) atoms. The molecular formula is C32H34BrN3O5. The number of carbonyl (C=O) groups is 2. The first kappa shape index (κ1) is 30.1. The molecule has 0 bridgehead atoms. The Bertz CT molecular complexity index is 1580. The number of ether oxygens (including phenoxy) is 1. The van der Waals surface area contributed by atoms with Gasteiger partial charge in [0.05, 0.1) is 24.9 Å². The van der Waals surface area contributed by atoms with Gasteiger partial charge >= 0.3 is 0 Å². The predicted octanol–water partition coefficient (Wildman–Crippen LogP) is 4.62. The van der Waals surface area contributed by atoms with Crippen LogP contribution in [0.15, 0.2) is 63.5 Å². The van der Waals surface area contributed by atoms with E-state index in [-0.39, 0.29) is 30.2 Å². The number of nitrogens with one attached hydrogen (secondary N) is 2. The lowest BCUT2D eigenvalue weighted by Crippen LogP contribution is -2.38. The van der Waals surface area contributed by atoms with Gasteiger partial charge in [0.2, 0.25) is 5.91 Å². The number of aliphatic hydroxyl groups excluding tert-OH is 1. The number of methoxy groups -OCH3 is 1. The van der Waals surface area contributed by atoms with E-state index in [1.165, 1.54) is 36.3 Å². The fourth-order valence-electron chi connectivity index (χ4n) is 4.78. The standard InChI is InChI=1S/C32H34BrN3O5/c1-41-29-19-24(33)12-14-28(29)36-21-27(25-13-11-23(10-6-3-7-17-37)18-26(25)32(36)40)31(39)35-20-30(38)34-16-15-22-8-4-2-5-9-22/h8,11-14,18-19,21,37H,2-5,7,9,15-17,20H2,1H3,(H,34,38)(H,35,39). The van der Waals surface area contributed by atoms with Gasteiger partial charge < -0.3 is 20.5 Å². The average Bonchev–Trinajstić information content (AvgIpc) is 2.99. The SMILES string of the molecule is COc1cc(Br)ccc1-n1cc(C(=O)NCC(=O)NCCC2=CCCCC2)c2ccc(C#CCCCO)cc2c1=O. The number of fused-ring (bicyclic) bond motifs is 1. The van der Waals surface area contributed by atoms with Crippen molar-refractivity contribution in [2.24, 2.45) is 0 Å². The van der Waals surface area contributed by atoms with Crippen LogP contribution in [0.3, 0.4) is 0 Å². The number of benzene rings is 2. The van der Waals surface area contributed by atoms with E-state index in [1.807, 2.05) is 0 Å². The maximum absolute atomic E-state index is 13.7. The van der Waals surface area contributed by atoms with Crippen molar-refractivity contribution in [3.63, 3.8) is 0 Å². The maximum atomic E-state index is 13.7. The summed E-state index contributed by atoms with van der Waals surface area (Å²) >= 11 is 3.42. The van der Waals surface area contributed by atoms with Crippen LogP contribution in [0.2, 0.25) is 0 Å². The predicted molar refractivity (Wildman–Crippen MR) is 164 cm³/mol. The van der Waals surface area contributed by atoms with Crippen LogP contribution in [0.5, 0.6) is 5.75 Å². The monoisotopic (exact) mass is 619 g/mol. The molecule has 0 saturated carbocycles. The first-order valence-corrected chi connectivity index (χ1v) is 14.6. The van der Waals surface area contributed by atoms with Gasteiger partial charge in [-0.05, 0) is 68.9 Å². The molecular weight excluding hydrogens is 586 g/mol. The lowest BCUT2D eigenvalue weighted by Gasteiger charge is -2.16. The molecule has 0 atom stereocenters. The Hall–Kier alpha value is -3.87. The highest BCUT2D eigenvalue weighted by molar-refractivity contribution is 9.10. The molecule has 8 nitrogen and oxygen atoms in total. The second-order valence-corrected chi connectivity index (χ2v) is 10.7. The van der Waals surface area contributed by atoms with E-state index in [0.717, 1.165) is 23.7 Å². The van der Waals surface area contributed by atoms with Crippen molar-refractivity contribution in [3.8, 4) is 23.3 Å². The van der Waals surface area contributed by atoms with E-state index in [9.17, 15) is 14.4 Å². The second kappa shape index (κ2) is 14.7. The van der Waals surface area contributed by atoms with Gasteiger partial charge in [-0.25, -0.2) is 0 Å². The number of allylic oxidation sites excluding steroid dienone is 1. The number of rotatable bonds is 10. The van der Waals surface area contributed by atoms with Gasteiger partial charge in [0.25, 0.3) is 11.5 Å². The zero-order valence-electron chi connectivity index (χ0n) is 23.1. The number of pyridine rings is 1. The van der Waals surface area contributed by atoms with Gasteiger partial charge in [0.15, 0.2) is 0 Å². The maximum Gasteiger partial charge on any atom is 0.263 e. The van der Waals surface area contributed by atoms with E-state index >= 15 is 0 Å². The van der Waals surface area contributed by atoms with Crippen molar-refractivity contribution in [3.05, 3.63) is 80.2 Å². The Morgan fingerprint density at radius 1 is 1.12 bits per heavy atom. The molecule has 1 heterocycles. The largest absolute Gasteiger partial charge is 0.495 e. The molecule has 3 aromatic rings. The number of aromatic nitrogens is 1. The first-order valence-electron chi connectivity index (χ1n) is 13.8. The Labute approximate surface area is 247 Å². The van der Waals surface area contributed by atoms with Gasteiger partial charge in [0, 0.05) is 46.6 Å². The van der Waals surface area contributed by atoms with Crippen LogP contribution in [0, 0.1) is 11.8 Å². The third kappa shape index (κ3) is 7.87. The minimum absolute atomic E-state index is 0.0563. The summed E-state index contributed by atoms with van der Waals surface area (Å²) in [6, 6.07) is 10.4. The van der Waals surface area contributed by atoms with E-state index < -0.39 is 5.91 Å². The topological polar surface area (TPSA) is 110 Å². The van der Waals surface area contributed by atoms with Crippen LogP contribution < -0.4 is 20.9 Å². The third-order valence-corrected chi connectivity index (χ3v) is 7.41. The molecule has 1 aromatic heterocycles. The van der Waals surface area contributed by atoms with Crippen molar-refractivity contribution in [2.75, 3.05) is 26.8 Å². The molecule has 0 fully saturated rings. The lowest BCUT2D eigenvalue weighted by molar-refractivity contribution is -0.120. The molecule has 3 N–H and O–H groups in total. The summed E-state index contributed by atoms with van der Waals surface area (Å²) in [6.07, 6.45) is 10.2. The third-order valence-electron chi connectivity index (χ3n) is 6.92. The molecule has 0 aliphatic heterocycles. The number of aliphatic hydroxyl groups is 1. The summed E-state index contributed by atoms with van der Waals surface area (Å²) in [5.41, 5.74) is 2.35. The molecule has 0 radical (unpaired) electrons. The van der Waals surface area contributed by atoms with E-state index in [4.69, 9.17) is 9.84 Å². The van der Waals surface area contributed by atoms with Crippen molar-refractivity contribution in [2.45, 2.75) is 44.9 Å². The molecule has 1 aliphatic carbocycles. The summed E-state index contributed by atoms with van der Waals surface area (Å²) in [4.78, 5) is 39.6. The number of hydrogen-bond donors (Lipinski definition) is 3. The number of hydrogen-bond acceptors (Lipinski definition) is 5. The van der Waals surface area contributed by atoms with Crippen LogP contribution in [-0.2, 0) is 4.79 Å². The molecule has 2 aromatic carbocycles. The average molecular weight is 621 g/mol. The van der Waals surface area contributed by atoms with Crippen LogP contribution in [0.25, 0.3) is 16.5 Å². The molecule has 0 spiro atoms. The summed E-state index contributed by atoms with van der Waals surface area (Å²) in [5, 5.41) is 15.3. The number of nitrogens with zero attached hydrogens (tertiary/aromatic N) is 1. The summed E-state index contributed by atoms with van der Waals surface area (Å²) in [7, 11) is 1.51. The quantitative estimate of drug-likeness (QED) is 0.174. The summed E-state index contributed by atoms with van der Waals surface area (Å²) < 4.78 is 7.67. The highest BCUT2D eigenvalue weighted by atomic mass is 79.9. The number of halogens is 1. The fourth-order valence-corrected chi connectivity index (χ4v) is 5.12. The van der Waals surface area contributed by atoms with Crippen LogP contribution >= 0.6 is 15.9 Å². The molecule has 4 rings (SSSR count). The Kier molecular flexibility index (Phi) is 10.8. The van der Waals surface area contributed by atoms with Crippen molar-refractivity contribution in [1.82, 2.24) is 15.2 Å².